The molecule has 2 heterocycles. The van der Waals surface area contributed by atoms with E-state index in [0.29, 0.717) is 29.7 Å². The number of halogens is 1. The summed E-state index contributed by atoms with van der Waals surface area (Å²) in [4.78, 5) is 16.6. The van der Waals surface area contributed by atoms with Gasteiger partial charge in [-0.25, -0.2) is 4.39 Å². The fourth-order valence-corrected chi connectivity index (χ4v) is 14.1. The molecule has 8 atom stereocenters. The van der Waals surface area contributed by atoms with Crippen molar-refractivity contribution in [2.45, 2.75) is 160 Å². The Kier molecular flexibility index (Phi) is 19.9. The van der Waals surface area contributed by atoms with Crippen LogP contribution in [0.25, 0.3) is 11.1 Å². The second kappa shape index (κ2) is 26.8. The van der Waals surface area contributed by atoms with E-state index >= 15 is 8.42 Å². The van der Waals surface area contributed by atoms with Gasteiger partial charge in [-0.2, -0.15) is 8.42 Å². The van der Waals surface area contributed by atoms with Crippen molar-refractivity contribution in [3.63, 3.8) is 0 Å². The first kappa shape index (κ1) is 63.2. The van der Waals surface area contributed by atoms with Crippen LogP contribution in [0.4, 0.5) is 10.1 Å². The minimum Gasteiger partial charge on any atom is -0.544 e. The molecule has 0 aromatic heterocycles. The zero-order chi connectivity index (χ0) is 60.7. The summed E-state index contributed by atoms with van der Waals surface area (Å²) < 4.78 is 92.8. The van der Waals surface area contributed by atoms with Gasteiger partial charge in [-0.3, -0.25) is 4.79 Å². The number of anilines is 1. The predicted molar refractivity (Wildman–Crippen MR) is 340 cm³/mol. The van der Waals surface area contributed by atoms with E-state index in [4.69, 9.17) is 32.0 Å². The number of rotatable bonds is 24. The van der Waals surface area contributed by atoms with Gasteiger partial charge in [-0.05, 0) is 132 Å². The van der Waals surface area contributed by atoms with Crippen molar-refractivity contribution < 1.29 is 49.6 Å². The Labute approximate surface area is 506 Å². The summed E-state index contributed by atoms with van der Waals surface area (Å²) in [6.07, 6.45) is -3.79. The van der Waals surface area contributed by atoms with Crippen LogP contribution in [0.15, 0.2) is 188 Å². The summed E-state index contributed by atoms with van der Waals surface area (Å²) in [7, 11) is -9.17. The van der Waals surface area contributed by atoms with Crippen molar-refractivity contribution in [2.24, 2.45) is 5.92 Å². The maximum atomic E-state index is 15.4. The molecule has 85 heavy (non-hydrogen) atoms. The van der Waals surface area contributed by atoms with Crippen molar-refractivity contribution >= 4 is 38.3 Å². The van der Waals surface area contributed by atoms with Gasteiger partial charge in [0, 0.05) is 11.3 Å². The highest BCUT2D eigenvalue weighted by Crippen LogP contribution is 2.51. The van der Waals surface area contributed by atoms with Gasteiger partial charge >= 0.3 is 10.1 Å². The Balaban J connectivity index is 1.10. The standard InChI is InChI=1S/C70H84FNO10SSi2/c1-49-65(76-45-50-24-16-12-17-25-50)67(78-47-52-28-20-14-21-29-52)66(77-46-51-26-18-13-19-27-51)63(79-49)48-83(74,75)80-62-44-55(53-34-39-58(40-35-53)81-84(8,9)69(2,3)4)36-41-59(62)64-60(68(73)72(64)57-30-22-15-23-31-57)42-43-61(54-32-37-56(71)38-33-54)82-85(10,11)70(5,6)7/h12-41,44,49,60-61,63-67H,42-43,45-48H2,1-11H3/t49?,60-,61+,63+,64-,65-,66?,67-/m1/s1. The van der Waals surface area contributed by atoms with Gasteiger partial charge in [0.25, 0.3) is 0 Å². The molecule has 0 aliphatic carbocycles. The average molecular weight is 1210 g/mol. The summed E-state index contributed by atoms with van der Waals surface area (Å²) in [5, 5.41) is -0.152. The highest BCUT2D eigenvalue weighted by atomic mass is 32.2. The Morgan fingerprint density at radius 2 is 1.09 bits per heavy atom. The van der Waals surface area contributed by atoms with Crippen LogP contribution >= 0.6 is 0 Å². The molecule has 450 valence electrons. The highest BCUT2D eigenvalue weighted by molar-refractivity contribution is 7.87. The lowest BCUT2D eigenvalue weighted by Gasteiger charge is -2.48. The molecule has 1 amide bonds. The zero-order valence-corrected chi connectivity index (χ0v) is 53.9. The van der Waals surface area contributed by atoms with Crippen molar-refractivity contribution in [2.75, 3.05) is 10.7 Å². The van der Waals surface area contributed by atoms with Crippen molar-refractivity contribution in [1.29, 1.82) is 0 Å². The molecule has 7 aromatic rings. The van der Waals surface area contributed by atoms with Gasteiger partial charge in [-0.1, -0.05) is 187 Å². The number of para-hydroxylation sites is 1. The quantitative estimate of drug-likeness (QED) is 0.0329. The first-order valence-electron chi connectivity index (χ1n) is 29.7. The molecule has 2 saturated heterocycles. The van der Waals surface area contributed by atoms with Crippen LogP contribution in [0.3, 0.4) is 0 Å². The molecule has 9 rings (SSSR count). The topological polar surface area (TPSA) is 119 Å². The first-order valence-corrected chi connectivity index (χ1v) is 37.0. The van der Waals surface area contributed by atoms with Gasteiger partial charge in [0.2, 0.25) is 14.2 Å². The largest absolute Gasteiger partial charge is 0.544 e. The maximum Gasteiger partial charge on any atom is 0.311 e. The van der Waals surface area contributed by atoms with Crippen LogP contribution in [0.2, 0.25) is 36.3 Å². The van der Waals surface area contributed by atoms with E-state index in [1.54, 1.807) is 23.1 Å². The summed E-state index contributed by atoms with van der Waals surface area (Å²) in [5.41, 5.74) is 6.25. The number of ether oxygens (including phenoxy) is 4. The van der Waals surface area contributed by atoms with Crippen molar-refractivity contribution in [3.05, 3.63) is 222 Å². The predicted octanol–water partition coefficient (Wildman–Crippen LogP) is 16.4. The molecule has 11 nitrogen and oxygen atoms in total. The fraction of sp³-hybridized carbons (Fsp3) is 0.386. The summed E-state index contributed by atoms with van der Waals surface area (Å²) in [6.45, 7) is 24.4. The molecule has 0 radical (unpaired) electrons. The number of β-lactam (4-membered cyclic amide) rings is 1. The van der Waals surface area contributed by atoms with E-state index in [0.717, 1.165) is 33.6 Å². The van der Waals surface area contributed by atoms with Crippen molar-refractivity contribution in [3.8, 4) is 22.6 Å². The van der Waals surface area contributed by atoms with E-state index in [1.807, 2.05) is 165 Å². The fourth-order valence-electron chi connectivity index (χ4n) is 10.6. The van der Waals surface area contributed by atoms with Gasteiger partial charge in [0.05, 0.1) is 44.0 Å². The molecular formula is C70H84FNO10SSi2. The second-order valence-electron chi connectivity index (χ2n) is 25.7. The van der Waals surface area contributed by atoms with Crippen LogP contribution in [-0.4, -0.2) is 67.2 Å². The number of carbonyl (C=O) groups is 1. The Bertz CT molecular complexity index is 3400. The van der Waals surface area contributed by atoms with Gasteiger partial charge in [0.1, 0.15) is 47.5 Å². The molecule has 0 spiro atoms. The zero-order valence-electron chi connectivity index (χ0n) is 51.1. The summed E-state index contributed by atoms with van der Waals surface area (Å²) >= 11 is 0. The molecule has 0 N–H and O–H groups in total. The van der Waals surface area contributed by atoms with E-state index in [2.05, 4.69) is 67.7 Å². The number of hydrogen-bond donors (Lipinski definition) is 0. The molecule has 2 aliphatic rings. The third-order valence-corrected chi connectivity index (χ3v) is 27.5. The van der Waals surface area contributed by atoms with Crippen LogP contribution in [0.5, 0.6) is 11.5 Å². The van der Waals surface area contributed by atoms with Gasteiger partial charge < -0.3 is 36.9 Å². The summed E-state index contributed by atoms with van der Waals surface area (Å²) in [5.74, 6) is -0.886. The molecule has 2 aliphatic heterocycles. The van der Waals surface area contributed by atoms with Crippen LogP contribution in [0, 0.1) is 11.7 Å². The Morgan fingerprint density at radius 3 is 1.62 bits per heavy atom. The van der Waals surface area contributed by atoms with E-state index in [9.17, 15) is 9.18 Å². The monoisotopic (exact) mass is 1210 g/mol. The SMILES string of the molecule is CC1O[C@@H](CS(=O)(=O)Oc2cc(-c3ccc(O[Si](C)(C)C(C)(C)C)cc3)ccc2[C@@H]2[C@@H](CC[C@H](O[Si](C)(C)C(C)(C)C)c3ccc(F)cc3)C(=O)N2c2ccccc2)C(OCc2ccccc2)[C@H](OCc2ccccc2)[C@@H]1OCc1ccccc1. The number of benzene rings is 7. The van der Waals surface area contributed by atoms with Gasteiger partial charge in [-0.15, -0.1) is 0 Å². The molecule has 7 aromatic carbocycles. The third-order valence-electron chi connectivity index (χ3n) is 17.5. The van der Waals surface area contributed by atoms with Crippen LogP contribution < -0.4 is 13.5 Å². The Morgan fingerprint density at radius 1 is 0.600 bits per heavy atom. The van der Waals surface area contributed by atoms with Crippen molar-refractivity contribution in [1.82, 2.24) is 0 Å². The van der Waals surface area contributed by atoms with Gasteiger partial charge in [0.15, 0.2) is 8.32 Å². The number of nitrogens with zero attached hydrogens (tertiary/aromatic N) is 1. The molecule has 2 fully saturated rings. The molecule has 2 unspecified atom stereocenters. The second-order valence-corrected chi connectivity index (χ2v) is 36.8. The average Bonchev–Trinajstić information content (AvgIpc) is 0.949. The first-order chi connectivity index (χ1) is 40.4. The molecular weight excluding hydrogens is 1120 g/mol. The summed E-state index contributed by atoms with van der Waals surface area (Å²) in [6, 6.07) is 57.9. The minimum atomic E-state index is -4.60. The lowest BCUT2D eigenvalue weighted by molar-refractivity contribution is -0.256. The third kappa shape index (κ3) is 15.7. The van der Waals surface area contributed by atoms with E-state index < -0.39 is 81.1 Å². The minimum absolute atomic E-state index is 0.0179. The Hall–Kier alpha value is -6.28. The maximum absolute atomic E-state index is 15.4. The smallest absolute Gasteiger partial charge is 0.311 e. The highest BCUT2D eigenvalue weighted by Gasteiger charge is 2.52. The number of carbonyl (C=O) groups excluding carboxylic acids is 1. The lowest BCUT2D eigenvalue weighted by Crippen LogP contribution is -2.61. The number of hydrogen-bond acceptors (Lipinski definition) is 10. The molecule has 15 heteroatoms. The normalized spacial score (nSPS) is 20.8. The molecule has 0 saturated carbocycles. The van der Waals surface area contributed by atoms with Crippen LogP contribution in [-0.2, 0) is 58.1 Å². The van der Waals surface area contributed by atoms with E-state index in [-0.39, 0.29) is 47.4 Å². The lowest BCUT2D eigenvalue weighted by atomic mass is 9.77. The van der Waals surface area contributed by atoms with E-state index in [1.165, 1.54) is 12.1 Å². The van der Waals surface area contributed by atoms with Crippen LogP contribution in [0.1, 0.15) is 101 Å². The number of amides is 1. The molecule has 0 bridgehead atoms.